The van der Waals surface area contributed by atoms with E-state index in [0.29, 0.717) is 5.92 Å². The minimum atomic E-state index is 0.264. The molecule has 1 aliphatic heterocycles. The molecule has 1 fully saturated rings. The third-order valence-electron chi connectivity index (χ3n) is 4.73. The van der Waals surface area contributed by atoms with Crippen LogP contribution >= 0.6 is 0 Å². The fraction of sp³-hybridized carbons (Fsp3) is 0.611. The molecule has 24 heavy (non-hydrogen) atoms. The van der Waals surface area contributed by atoms with Crippen LogP contribution < -0.4 is 4.90 Å². The number of benzene rings is 1. The minimum Gasteiger partial charge on any atom is -0.369 e. The maximum atomic E-state index is 4.36. The Bertz CT molecular complexity index is 628. The Morgan fingerprint density at radius 2 is 1.58 bits per heavy atom. The van der Waals surface area contributed by atoms with Gasteiger partial charge in [-0.15, -0.1) is 5.10 Å². The molecule has 6 heteroatoms. The van der Waals surface area contributed by atoms with Gasteiger partial charge in [-0.25, -0.2) is 4.68 Å². The van der Waals surface area contributed by atoms with Crippen LogP contribution in [-0.2, 0) is 0 Å². The van der Waals surface area contributed by atoms with Gasteiger partial charge in [0, 0.05) is 31.9 Å². The molecule has 1 saturated heterocycles. The lowest BCUT2D eigenvalue weighted by molar-refractivity contribution is 0.133. The molecule has 0 spiro atoms. The molecule has 0 radical (unpaired) electrons. The van der Waals surface area contributed by atoms with E-state index in [9.17, 15) is 0 Å². The molecule has 1 aromatic heterocycles. The molecule has 130 valence electrons. The molecule has 0 saturated carbocycles. The monoisotopic (exact) mass is 328 g/mol. The van der Waals surface area contributed by atoms with Gasteiger partial charge in [-0.1, -0.05) is 32.0 Å². The average molecular weight is 328 g/mol. The molecule has 0 amide bonds. The van der Waals surface area contributed by atoms with Gasteiger partial charge in [0.05, 0.1) is 12.1 Å². The lowest BCUT2D eigenvalue weighted by atomic mass is 10.0. The first-order chi connectivity index (χ1) is 11.6. The lowest BCUT2D eigenvalue weighted by Crippen LogP contribution is -2.49. The Hall–Kier alpha value is -1.95. The Morgan fingerprint density at radius 3 is 2.17 bits per heavy atom. The van der Waals surface area contributed by atoms with Crippen LogP contribution in [-0.4, -0.2) is 51.3 Å². The molecule has 1 aliphatic rings. The van der Waals surface area contributed by atoms with Crippen LogP contribution in [0.25, 0.3) is 0 Å². The standard InChI is InChI=1S/C18H28N6/c1-14(2)17(18-19-20-21-24(18)15(3)4)23-12-10-22(11-13-23)16-8-6-5-7-9-16/h5-9,14-15,17H,10-13H2,1-4H3. The van der Waals surface area contributed by atoms with Gasteiger partial charge in [-0.3, -0.25) is 4.90 Å². The second kappa shape index (κ2) is 7.30. The SMILES string of the molecule is CC(C)C(c1nnnn1C(C)C)N1CCN(c2ccccc2)CC1. The van der Waals surface area contributed by atoms with E-state index >= 15 is 0 Å². The van der Waals surface area contributed by atoms with Gasteiger partial charge < -0.3 is 4.90 Å². The highest BCUT2D eigenvalue weighted by atomic mass is 15.6. The average Bonchev–Trinajstić information content (AvgIpc) is 3.06. The van der Waals surface area contributed by atoms with Gasteiger partial charge in [0.15, 0.2) is 5.82 Å². The van der Waals surface area contributed by atoms with Crippen molar-refractivity contribution in [1.82, 2.24) is 25.1 Å². The second-order valence-electron chi connectivity index (χ2n) is 7.12. The number of hydrogen-bond donors (Lipinski definition) is 0. The summed E-state index contributed by atoms with van der Waals surface area (Å²) in [5, 5.41) is 12.5. The van der Waals surface area contributed by atoms with Crippen LogP contribution in [0.4, 0.5) is 5.69 Å². The van der Waals surface area contributed by atoms with Crippen LogP contribution in [0.1, 0.15) is 45.6 Å². The Labute approximate surface area is 144 Å². The maximum absolute atomic E-state index is 4.36. The largest absolute Gasteiger partial charge is 0.369 e. The second-order valence-corrected chi connectivity index (χ2v) is 7.12. The van der Waals surface area contributed by atoms with E-state index < -0.39 is 0 Å². The zero-order valence-corrected chi connectivity index (χ0v) is 15.1. The molecule has 0 N–H and O–H groups in total. The Kier molecular flexibility index (Phi) is 5.14. The smallest absolute Gasteiger partial charge is 0.168 e. The number of piperazine rings is 1. The van der Waals surface area contributed by atoms with Crippen molar-refractivity contribution in [2.75, 3.05) is 31.1 Å². The Morgan fingerprint density at radius 1 is 0.917 bits per heavy atom. The van der Waals surface area contributed by atoms with E-state index in [1.165, 1.54) is 5.69 Å². The summed E-state index contributed by atoms with van der Waals surface area (Å²) in [7, 11) is 0. The third-order valence-corrected chi connectivity index (χ3v) is 4.73. The molecule has 3 rings (SSSR count). The van der Waals surface area contributed by atoms with Crippen molar-refractivity contribution >= 4 is 5.69 Å². The molecule has 1 aromatic carbocycles. The molecule has 0 bridgehead atoms. The zero-order chi connectivity index (χ0) is 17.1. The van der Waals surface area contributed by atoms with Crippen molar-refractivity contribution in [3.63, 3.8) is 0 Å². The summed E-state index contributed by atoms with van der Waals surface area (Å²) in [5.74, 6) is 1.46. The summed E-state index contributed by atoms with van der Waals surface area (Å²) in [6, 6.07) is 11.2. The number of anilines is 1. The van der Waals surface area contributed by atoms with Crippen LogP contribution in [0.3, 0.4) is 0 Å². The molecule has 0 aliphatic carbocycles. The number of rotatable bonds is 5. The van der Waals surface area contributed by atoms with E-state index in [2.05, 4.69) is 83.4 Å². The molecular formula is C18H28N6. The van der Waals surface area contributed by atoms with Crippen molar-refractivity contribution in [3.05, 3.63) is 36.2 Å². The van der Waals surface area contributed by atoms with Crippen LogP contribution in [0.15, 0.2) is 30.3 Å². The first-order valence-corrected chi connectivity index (χ1v) is 8.89. The summed E-state index contributed by atoms with van der Waals surface area (Å²) in [5.41, 5.74) is 1.31. The molecule has 1 atom stereocenters. The van der Waals surface area contributed by atoms with Crippen LogP contribution in [0.5, 0.6) is 0 Å². The molecule has 2 aromatic rings. The summed E-state index contributed by atoms with van der Waals surface area (Å²) in [6.45, 7) is 12.9. The van der Waals surface area contributed by atoms with Gasteiger partial charge in [-0.05, 0) is 42.3 Å². The normalized spacial score (nSPS) is 17.7. The highest BCUT2D eigenvalue weighted by Gasteiger charge is 2.31. The fourth-order valence-corrected chi connectivity index (χ4v) is 3.54. The predicted molar refractivity (Wildman–Crippen MR) is 96.0 cm³/mol. The van der Waals surface area contributed by atoms with Crippen molar-refractivity contribution in [3.8, 4) is 0 Å². The summed E-state index contributed by atoms with van der Waals surface area (Å²) in [6.07, 6.45) is 0. The van der Waals surface area contributed by atoms with Gasteiger partial charge in [-0.2, -0.15) is 0 Å². The molecular weight excluding hydrogens is 300 g/mol. The van der Waals surface area contributed by atoms with Crippen molar-refractivity contribution in [1.29, 1.82) is 0 Å². The minimum absolute atomic E-state index is 0.264. The van der Waals surface area contributed by atoms with Gasteiger partial charge in [0.2, 0.25) is 0 Å². The summed E-state index contributed by atoms with van der Waals surface area (Å²) in [4.78, 5) is 4.99. The molecule has 2 heterocycles. The lowest BCUT2D eigenvalue weighted by Gasteiger charge is -2.41. The van der Waals surface area contributed by atoms with Crippen LogP contribution in [0, 0.1) is 5.92 Å². The van der Waals surface area contributed by atoms with E-state index in [4.69, 9.17) is 0 Å². The number of hydrogen-bond acceptors (Lipinski definition) is 5. The summed E-state index contributed by atoms with van der Waals surface area (Å²) >= 11 is 0. The maximum Gasteiger partial charge on any atom is 0.168 e. The molecule has 6 nitrogen and oxygen atoms in total. The van der Waals surface area contributed by atoms with Crippen LogP contribution in [0.2, 0.25) is 0 Å². The predicted octanol–water partition coefficient (Wildman–Crippen LogP) is 2.77. The first-order valence-electron chi connectivity index (χ1n) is 8.89. The van der Waals surface area contributed by atoms with Crippen molar-refractivity contribution in [2.24, 2.45) is 5.92 Å². The number of aromatic nitrogens is 4. The van der Waals surface area contributed by atoms with Gasteiger partial charge >= 0.3 is 0 Å². The van der Waals surface area contributed by atoms with E-state index in [1.54, 1.807) is 0 Å². The first kappa shape index (κ1) is 16.9. The number of nitrogens with zero attached hydrogens (tertiary/aromatic N) is 6. The highest BCUT2D eigenvalue weighted by Crippen LogP contribution is 2.29. The fourth-order valence-electron chi connectivity index (χ4n) is 3.54. The Balaban J connectivity index is 1.74. The quantitative estimate of drug-likeness (QED) is 0.845. The third kappa shape index (κ3) is 3.43. The highest BCUT2D eigenvalue weighted by molar-refractivity contribution is 5.46. The van der Waals surface area contributed by atoms with Crippen molar-refractivity contribution in [2.45, 2.75) is 39.8 Å². The van der Waals surface area contributed by atoms with Gasteiger partial charge in [0.1, 0.15) is 0 Å². The molecule has 1 unspecified atom stereocenters. The number of para-hydroxylation sites is 1. The number of tetrazole rings is 1. The van der Waals surface area contributed by atoms with E-state index in [1.807, 2.05) is 4.68 Å². The van der Waals surface area contributed by atoms with E-state index in [-0.39, 0.29) is 12.1 Å². The van der Waals surface area contributed by atoms with E-state index in [0.717, 1.165) is 32.0 Å². The summed E-state index contributed by atoms with van der Waals surface area (Å²) < 4.78 is 1.97. The zero-order valence-electron chi connectivity index (χ0n) is 15.1. The topological polar surface area (TPSA) is 50.1 Å². The van der Waals surface area contributed by atoms with Crippen molar-refractivity contribution < 1.29 is 0 Å². The van der Waals surface area contributed by atoms with Gasteiger partial charge in [0.25, 0.3) is 0 Å².